The van der Waals surface area contributed by atoms with E-state index in [-0.39, 0.29) is 17.6 Å². The molecule has 0 spiro atoms. The minimum Gasteiger partial charge on any atom is -0.497 e. The number of hydrogen-bond acceptors (Lipinski definition) is 3. The number of likely N-dealkylation sites (N-methyl/N-ethyl adjacent to an activating group) is 1. The van der Waals surface area contributed by atoms with Crippen molar-refractivity contribution >= 4 is 0 Å². The molecule has 0 aliphatic rings. The van der Waals surface area contributed by atoms with E-state index in [9.17, 15) is 4.39 Å². The molecular weight excluding hydrogens is 269 g/mol. The van der Waals surface area contributed by atoms with Gasteiger partial charge in [0.2, 0.25) is 0 Å². The zero-order valence-corrected chi connectivity index (χ0v) is 12.5. The van der Waals surface area contributed by atoms with Crippen molar-refractivity contribution in [1.82, 2.24) is 5.32 Å². The van der Waals surface area contributed by atoms with Gasteiger partial charge < -0.3 is 14.8 Å². The van der Waals surface area contributed by atoms with E-state index >= 15 is 0 Å². The molecule has 2 aromatic rings. The zero-order chi connectivity index (χ0) is 15.2. The molecule has 112 valence electrons. The molecule has 0 aliphatic carbocycles. The van der Waals surface area contributed by atoms with Gasteiger partial charge in [0.05, 0.1) is 14.2 Å². The Morgan fingerprint density at radius 1 is 1.05 bits per heavy atom. The Morgan fingerprint density at radius 2 is 1.76 bits per heavy atom. The molecule has 0 aromatic heterocycles. The first kappa shape index (κ1) is 15.3. The molecule has 21 heavy (non-hydrogen) atoms. The van der Waals surface area contributed by atoms with Crippen LogP contribution < -0.4 is 14.8 Å². The maximum atomic E-state index is 13.5. The van der Waals surface area contributed by atoms with Gasteiger partial charge in [-0.05, 0) is 48.9 Å². The van der Waals surface area contributed by atoms with E-state index in [0.29, 0.717) is 0 Å². The van der Waals surface area contributed by atoms with Crippen molar-refractivity contribution in [1.29, 1.82) is 0 Å². The van der Waals surface area contributed by atoms with E-state index in [0.717, 1.165) is 17.7 Å². The Bertz CT molecular complexity index is 584. The van der Waals surface area contributed by atoms with Crippen LogP contribution in [0.1, 0.15) is 17.2 Å². The number of rotatable bonds is 6. The molecule has 0 amide bonds. The van der Waals surface area contributed by atoms with Crippen molar-refractivity contribution in [3.63, 3.8) is 0 Å². The van der Waals surface area contributed by atoms with Crippen LogP contribution in [0.5, 0.6) is 11.5 Å². The average Bonchev–Trinajstić information content (AvgIpc) is 2.54. The lowest BCUT2D eigenvalue weighted by atomic mass is 9.98. The van der Waals surface area contributed by atoms with Crippen LogP contribution in [0.4, 0.5) is 4.39 Å². The van der Waals surface area contributed by atoms with Gasteiger partial charge in [-0.1, -0.05) is 18.2 Å². The van der Waals surface area contributed by atoms with Gasteiger partial charge in [0, 0.05) is 6.04 Å². The Hall–Kier alpha value is -2.07. The molecule has 0 saturated heterocycles. The maximum Gasteiger partial charge on any atom is 0.165 e. The fraction of sp³-hybridized carbons (Fsp3) is 0.294. The Morgan fingerprint density at radius 3 is 2.33 bits per heavy atom. The van der Waals surface area contributed by atoms with Gasteiger partial charge in [0.1, 0.15) is 5.75 Å². The lowest BCUT2D eigenvalue weighted by Crippen LogP contribution is -2.19. The van der Waals surface area contributed by atoms with Crippen molar-refractivity contribution in [2.45, 2.75) is 12.5 Å². The second-order valence-electron chi connectivity index (χ2n) is 4.79. The lowest BCUT2D eigenvalue weighted by molar-refractivity contribution is 0.385. The van der Waals surface area contributed by atoms with E-state index in [1.807, 2.05) is 31.3 Å². The zero-order valence-electron chi connectivity index (χ0n) is 12.5. The van der Waals surface area contributed by atoms with Crippen molar-refractivity contribution in [3.05, 3.63) is 59.4 Å². The number of ether oxygens (including phenoxy) is 2. The van der Waals surface area contributed by atoms with Crippen LogP contribution in [0.15, 0.2) is 42.5 Å². The van der Waals surface area contributed by atoms with E-state index < -0.39 is 0 Å². The summed E-state index contributed by atoms with van der Waals surface area (Å²) in [7, 11) is 5.01. The quantitative estimate of drug-likeness (QED) is 0.884. The molecule has 1 atom stereocenters. The van der Waals surface area contributed by atoms with Gasteiger partial charge in [-0.15, -0.1) is 0 Å². The first-order chi connectivity index (χ1) is 10.2. The minimum atomic E-state index is -0.347. The van der Waals surface area contributed by atoms with Crippen LogP contribution >= 0.6 is 0 Å². The highest BCUT2D eigenvalue weighted by Gasteiger charge is 2.13. The molecule has 1 N–H and O–H groups in total. The highest BCUT2D eigenvalue weighted by atomic mass is 19.1. The summed E-state index contributed by atoms with van der Waals surface area (Å²) < 4.78 is 23.7. The monoisotopic (exact) mass is 289 g/mol. The van der Waals surface area contributed by atoms with Crippen LogP contribution in [-0.2, 0) is 6.42 Å². The lowest BCUT2D eigenvalue weighted by Gasteiger charge is -2.18. The average molecular weight is 289 g/mol. The van der Waals surface area contributed by atoms with Gasteiger partial charge in [-0.3, -0.25) is 0 Å². The van der Waals surface area contributed by atoms with Gasteiger partial charge in [0.15, 0.2) is 11.6 Å². The summed E-state index contributed by atoms with van der Waals surface area (Å²) in [5, 5.41) is 3.26. The molecule has 1 unspecified atom stereocenters. The largest absolute Gasteiger partial charge is 0.497 e. The van der Waals surface area contributed by atoms with Crippen LogP contribution in [0.25, 0.3) is 0 Å². The van der Waals surface area contributed by atoms with Gasteiger partial charge >= 0.3 is 0 Å². The third-order valence-electron chi connectivity index (χ3n) is 3.52. The molecule has 4 heteroatoms. The topological polar surface area (TPSA) is 30.5 Å². The van der Waals surface area contributed by atoms with Gasteiger partial charge in [-0.25, -0.2) is 4.39 Å². The van der Waals surface area contributed by atoms with E-state index in [1.165, 1.54) is 18.7 Å². The second kappa shape index (κ2) is 7.09. The Kier molecular flexibility index (Phi) is 5.17. The van der Waals surface area contributed by atoms with Crippen LogP contribution in [0.3, 0.4) is 0 Å². The summed E-state index contributed by atoms with van der Waals surface area (Å²) in [4.78, 5) is 0. The molecule has 0 heterocycles. The SMILES string of the molecule is CNC(Cc1ccc(OC)cc1)c1ccc(F)c(OC)c1. The fourth-order valence-electron chi connectivity index (χ4n) is 2.28. The number of benzene rings is 2. The molecule has 2 rings (SSSR count). The molecule has 3 nitrogen and oxygen atoms in total. The third kappa shape index (κ3) is 3.73. The molecular formula is C17H20FNO2. The first-order valence-corrected chi connectivity index (χ1v) is 6.81. The van der Waals surface area contributed by atoms with Crippen molar-refractivity contribution < 1.29 is 13.9 Å². The summed E-state index contributed by atoms with van der Waals surface area (Å²) >= 11 is 0. The molecule has 2 aromatic carbocycles. The van der Waals surface area contributed by atoms with Crippen molar-refractivity contribution in [3.8, 4) is 11.5 Å². The second-order valence-corrected chi connectivity index (χ2v) is 4.79. The Labute approximate surface area is 124 Å². The highest BCUT2D eigenvalue weighted by Crippen LogP contribution is 2.25. The van der Waals surface area contributed by atoms with Crippen molar-refractivity contribution in [2.24, 2.45) is 0 Å². The Balaban J connectivity index is 2.18. The maximum absolute atomic E-state index is 13.5. The molecule has 0 bridgehead atoms. The van der Waals surface area contributed by atoms with E-state index in [4.69, 9.17) is 9.47 Å². The number of nitrogens with one attached hydrogen (secondary N) is 1. The van der Waals surface area contributed by atoms with Crippen molar-refractivity contribution in [2.75, 3.05) is 21.3 Å². The summed E-state index contributed by atoms with van der Waals surface area (Å²) in [6, 6.07) is 13.0. The molecule has 0 aliphatic heterocycles. The molecule has 0 saturated carbocycles. The third-order valence-corrected chi connectivity index (χ3v) is 3.52. The van der Waals surface area contributed by atoms with Gasteiger partial charge in [0.25, 0.3) is 0 Å². The number of halogens is 1. The van der Waals surface area contributed by atoms with Crippen LogP contribution in [0, 0.1) is 5.82 Å². The summed E-state index contributed by atoms with van der Waals surface area (Å²) in [5.74, 6) is 0.756. The van der Waals surface area contributed by atoms with E-state index in [2.05, 4.69) is 5.32 Å². The van der Waals surface area contributed by atoms with E-state index in [1.54, 1.807) is 19.2 Å². The molecule has 0 radical (unpaired) electrons. The number of hydrogen-bond donors (Lipinski definition) is 1. The fourth-order valence-corrected chi connectivity index (χ4v) is 2.28. The first-order valence-electron chi connectivity index (χ1n) is 6.81. The summed E-state index contributed by atoms with van der Waals surface area (Å²) in [6.45, 7) is 0. The summed E-state index contributed by atoms with van der Waals surface area (Å²) in [5.41, 5.74) is 2.17. The highest BCUT2D eigenvalue weighted by molar-refractivity contribution is 5.34. The predicted molar refractivity (Wildman–Crippen MR) is 81.5 cm³/mol. The number of methoxy groups -OCH3 is 2. The minimum absolute atomic E-state index is 0.0906. The molecule has 0 fully saturated rings. The van der Waals surface area contributed by atoms with Crippen LogP contribution in [0.2, 0.25) is 0 Å². The predicted octanol–water partition coefficient (Wildman–Crippen LogP) is 3.35. The van der Waals surface area contributed by atoms with Gasteiger partial charge in [-0.2, -0.15) is 0 Å². The normalized spacial score (nSPS) is 12.0. The van der Waals surface area contributed by atoms with Crippen LogP contribution in [-0.4, -0.2) is 21.3 Å². The standard InChI is InChI=1S/C17H20FNO2/c1-19-16(10-12-4-7-14(20-2)8-5-12)13-6-9-15(18)17(11-13)21-3/h4-9,11,16,19H,10H2,1-3H3. The smallest absolute Gasteiger partial charge is 0.165 e. The summed E-state index contributed by atoms with van der Waals surface area (Å²) in [6.07, 6.45) is 0.801.